The number of amides is 1. The first-order valence-electron chi connectivity index (χ1n) is 7.59. The van der Waals surface area contributed by atoms with Gasteiger partial charge < -0.3 is 19.1 Å². The number of morpholine rings is 1. The second-order valence-corrected chi connectivity index (χ2v) is 5.61. The molecule has 1 saturated heterocycles. The molecule has 0 saturated carbocycles. The average Bonchev–Trinajstić information content (AvgIpc) is 3.00. The van der Waals surface area contributed by atoms with Crippen LogP contribution in [0.25, 0.3) is 6.08 Å². The fraction of sp³-hybridized carbons (Fsp3) is 0.412. The zero-order valence-electron chi connectivity index (χ0n) is 13.0. The number of benzene rings is 1. The molecule has 0 N–H and O–H groups in total. The molecule has 0 bridgehead atoms. The second kappa shape index (κ2) is 6.83. The third kappa shape index (κ3) is 3.71. The molecule has 122 valence electrons. The molecule has 1 fully saturated rings. The van der Waals surface area contributed by atoms with Gasteiger partial charge in [-0.25, -0.2) is 0 Å². The van der Waals surface area contributed by atoms with E-state index in [1.165, 1.54) is 13.0 Å². The van der Waals surface area contributed by atoms with E-state index < -0.39 is 0 Å². The highest BCUT2D eigenvalue weighted by Gasteiger charge is 2.26. The van der Waals surface area contributed by atoms with E-state index in [2.05, 4.69) is 0 Å². The Morgan fingerprint density at radius 2 is 2.13 bits per heavy atom. The third-order valence-electron chi connectivity index (χ3n) is 3.85. The number of hydrogen-bond acceptors (Lipinski definition) is 5. The molecule has 2 aliphatic rings. The highest BCUT2D eigenvalue weighted by Crippen LogP contribution is 2.32. The zero-order chi connectivity index (χ0) is 16.2. The molecule has 6 nitrogen and oxygen atoms in total. The van der Waals surface area contributed by atoms with E-state index in [1.54, 1.807) is 11.0 Å². The summed E-state index contributed by atoms with van der Waals surface area (Å²) >= 11 is 0. The SMILES string of the molecule is CC(=O)CC1COCCN1C(=O)/C=C/c1ccc2c(c1)OCO2. The van der Waals surface area contributed by atoms with Crippen LogP contribution in [-0.2, 0) is 14.3 Å². The van der Waals surface area contributed by atoms with E-state index in [4.69, 9.17) is 14.2 Å². The van der Waals surface area contributed by atoms with Gasteiger partial charge in [-0.05, 0) is 30.7 Å². The Bertz CT molecular complexity index is 640. The molecule has 1 atom stereocenters. The lowest BCUT2D eigenvalue weighted by atomic mass is 10.1. The van der Waals surface area contributed by atoms with Gasteiger partial charge >= 0.3 is 0 Å². The Labute approximate surface area is 134 Å². The maximum atomic E-state index is 12.4. The van der Waals surface area contributed by atoms with Crippen LogP contribution in [0.1, 0.15) is 18.9 Å². The Morgan fingerprint density at radius 1 is 1.30 bits per heavy atom. The normalized spacial score (nSPS) is 20.0. The van der Waals surface area contributed by atoms with Crippen molar-refractivity contribution in [3.63, 3.8) is 0 Å². The predicted octanol–water partition coefficient (Wildman–Crippen LogP) is 1.63. The smallest absolute Gasteiger partial charge is 0.246 e. The molecule has 1 amide bonds. The summed E-state index contributed by atoms with van der Waals surface area (Å²) in [5.41, 5.74) is 0.860. The summed E-state index contributed by atoms with van der Waals surface area (Å²) in [6, 6.07) is 5.33. The average molecular weight is 317 g/mol. The van der Waals surface area contributed by atoms with E-state index in [1.807, 2.05) is 18.2 Å². The molecule has 23 heavy (non-hydrogen) atoms. The summed E-state index contributed by atoms with van der Waals surface area (Å²) in [5, 5.41) is 0. The number of fused-ring (bicyclic) bond motifs is 1. The van der Waals surface area contributed by atoms with Crippen molar-refractivity contribution < 1.29 is 23.8 Å². The highest BCUT2D eigenvalue weighted by molar-refractivity contribution is 5.92. The van der Waals surface area contributed by atoms with Crippen LogP contribution in [0.3, 0.4) is 0 Å². The van der Waals surface area contributed by atoms with Crippen LogP contribution in [0.15, 0.2) is 24.3 Å². The van der Waals surface area contributed by atoms with Crippen LogP contribution < -0.4 is 9.47 Å². The molecule has 1 aromatic carbocycles. The van der Waals surface area contributed by atoms with Crippen molar-refractivity contribution in [1.29, 1.82) is 0 Å². The number of rotatable bonds is 4. The van der Waals surface area contributed by atoms with E-state index in [0.717, 1.165) is 5.56 Å². The zero-order valence-corrected chi connectivity index (χ0v) is 13.0. The van der Waals surface area contributed by atoms with E-state index in [0.29, 0.717) is 37.7 Å². The lowest BCUT2D eigenvalue weighted by Crippen LogP contribution is -2.48. The van der Waals surface area contributed by atoms with Crippen molar-refractivity contribution in [2.45, 2.75) is 19.4 Å². The van der Waals surface area contributed by atoms with E-state index in [-0.39, 0.29) is 24.5 Å². The molecule has 6 heteroatoms. The molecule has 1 aromatic rings. The second-order valence-electron chi connectivity index (χ2n) is 5.61. The third-order valence-corrected chi connectivity index (χ3v) is 3.85. The Morgan fingerprint density at radius 3 is 2.96 bits per heavy atom. The van der Waals surface area contributed by atoms with Crippen LogP contribution in [-0.4, -0.2) is 49.2 Å². The Balaban J connectivity index is 1.68. The molecule has 0 aromatic heterocycles. The maximum Gasteiger partial charge on any atom is 0.246 e. The van der Waals surface area contributed by atoms with Crippen molar-refractivity contribution in [3.05, 3.63) is 29.8 Å². The molecule has 3 rings (SSSR count). The molecule has 1 unspecified atom stereocenters. The minimum atomic E-state index is -0.185. The maximum absolute atomic E-state index is 12.4. The molecule has 2 heterocycles. The van der Waals surface area contributed by atoms with Gasteiger partial charge in [-0.1, -0.05) is 6.07 Å². The number of Topliss-reactive ketones (excluding diaryl/α,β-unsaturated/α-hetero) is 1. The van der Waals surface area contributed by atoms with Crippen LogP contribution in [0, 0.1) is 0 Å². The molecule has 0 spiro atoms. The van der Waals surface area contributed by atoms with Gasteiger partial charge in [-0.3, -0.25) is 9.59 Å². The first-order valence-corrected chi connectivity index (χ1v) is 7.59. The standard InChI is InChI=1S/C17H19NO5/c1-12(19)8-14-10-21-7-6-18(14)17(20)5-3-13-2-4-15-16(9-13)23-11-22-15/h2-5,9,14H,6-8,10-11H2,1H3/b5-3+. The first-order chi connectivity index (χ1) is 11.1. The largest absolute Gasteiger partial charge is 0.454 e. The molecule has 0 aliphatic carbocycles. The number of carbonyl (C=O) groups excluding carboxylic acids is 2. The van der Waals surface area contributed by atoms with Gasteiger partial charge in [0.2, 0.25) is 12.7 Å². The Hall–Kier alpha value is -2.34. The summed E-state index contributed by atoms with van der Waals surface area (Å²) in [7, 11) is 0. The van der Waals surface area contributed by atoms with Crippen molar-refractivity contribution in [2.75, 3.05) is 26.6 Å². The van der Waals surface area contributed by atoms with Crippen molar-refractivity contribution in [3.8, 4) is 11.5 Å². The molecule has 2 aliphatic heterocycles. The number of hydrogen-bond donors (Lipinski definition) is 0. The number of nitrogens with zero attached hydrogens (tertiary/aromatic N) is 1. The predicted molar refractivity (Wildman–Crippen MR) is 83.2 cm³/mol. The van der Waals surface area contributed by atoms with Crippen molar-refractivity contribution in [1.82, 2.24) is 4.90 Å². The van der Waals surface area contributed by atoms with Gasteiger partial charge in [-0.15, -0.1) is 0 Å². The summed E-state index contributed by atoms with van der Waals surface area (Å²) in [6.45, 7) is 3.16. The van der Waals surface area contributed by atoms with Crippen molar-refractivity contribution in [2.24, 2.45) is 0 Å². The van der Waals surface area contributed by atoms with Crippen LogP contribution in [0.5, 0.6) is 11.5 Å². The molecule has 0 radical (unpaired) electrons. The van der Waals surface area contributed by atoms with Gasteiger partial charge in [0, 0.05) is 19.0 Å². The highest BCUT2D eigenvalue weighted by atomic mass is 16.7. The Kier molecular flexibility index (Phi) is 4.62. The minimum Gasteiger partial charge on any atom is -0.454 e. The summed E-state index contributed by atoms with van der Waals surface area (Å²) in [5.74, 6) is 1.33. The lowest BCUT2D eigenvalue weighted by molar-refractivity contribution is -0.136. The monoisotopic (exact) mass is 317 g/mol. The molecular weight excluding hydrogens is 298 g/mol. The van der Waals surface area contributed by atoms with Crippen LogP contribution in [0.2, 0.25) is 0 Å². The van der Waals surface area contributed by atoms with Gasteiger partial charge in [0.25, 0.3) is 0 Å². The minimum absolute atomic E-state index is 0.0538. The van der Waals surface area contributed by atoms with Gasteiger partial charge in [0.15, 0.2) is 11.5 Å². The number of ether oxygens (including phenoxy) is 3. The summed E-state index contributed by atoms with van der Waals surface area (Å²) < 4.78 is 16.0. The summed E-state index contributed by atoms with van der Waals surface area (Å²) in [4.78, 5) is 25.4. The summed E-state index contributed by atoms with van der Waals surface area (Å²) in [6.07, 6.45) is 3.59. The van der Waals surface area contributed by atoms with E-state index >= 15 is 0 Å². The number of ketones is 1. The number of carbonyl (C=O) groups is 2. The molecular formula is C17H19NO5. The first kappa shape index (κ1) is 15.6. The quantitative estimate of drug-likeness (QED) is 0.790. The fourth-order valence-corrected chi connectivity index (χ4v) is 2.73. The van der Waals surface area contributed by atoms with Gasteiger partial charge in [0.05, 0.1) is 19.3 Å². The van der Waals surface area contributed by atoms with Crippen LogP contribution >= 0.6 is 0 Å². The van der Waals surface area contributed by atoms with Gasteiger partial charge in [-0.2, -0.15) is 0 Å². The van der Waals surface area contributed by atoms with Crippen molar-refractivity contribution >= 4 is 17.8 Å². The topological polar surface area (TPSA) is 65.1 Å². The van der Waals surface area contributed by atoms with E-state index in [9.17, 15) is 9.59 Å². The van der Waals surface area contributed by atoms with Crippen LogP contribution in [0.4, 0.5) is 0 Å². The van der Waals surface area contributed by atoms with Gasteiger partial charge in [0.1, 0.15) is 5.78 Å². The fourth-order valence-electron chi connectivity index (χ4n) is 2.73. The lowest BCUT2D eigenvalue weighted by Gasteiger charge is -2.34.